The monoisotopic (exact) mass is 496 g/mol. The summed E-state index contributed by atoms with van der Waals surface area (Å²) in [5.41, 5.74) is -1.34. The molecule has 6 fully saturated rings. The van der Waals surface area contributed by atoms with Gasteiger partial charge in [0.2, 0.25) is 0 Å². The van der Waals surface area contributed by atoms with Crippen molar-refractivity contribution in [2.75, 3.05) is 0 Å². The summed E-state index contributed by atoms with van der Waals surface area (Å²) in [5.74, 6) is -4.55. The Bertz CT molecular complexity index is 1020. The minimum atomic E-state index is -5.98. The summed E-state index contributed by atoms with van der Waals surface area (Å²) in [6, 6.07) is 0. The predicted molar refractivity (Wildman–Crippen MR) is 96.7 cm³/mol. The van der Waals surface area contributed by atoms with E-state index in [-0.39, 0.29) is 30.6 Å². The number of alkyl halides is 2. The van der Waals surface area contributed by atoms with Gasteiger partial charge in [-0.3, -0.25) is 4.55 Å². The van der Waals surface area contributed by atoms with Crippen LogP contribution in [0.4, 0.5) is 8.78 Å². The highest BCUT2D eigenvalue weighted by molar-refractivity contribution is 7.87. The third-order valence-electron chi connectivity index (χ3n) is 8.18. The van der Waals surface area contributed by atoms with Gasteiger partial charge in [0.15, 0.2) is 30.4 Å². The number of fused-ring (bicyclic) bond motifs is 6. The van der Waals surface area contributed by atoms with Crippen LogP contribution in [0.2, 0.25) is 0 Å². The van der Waals surface area contributed by atoms with E-state index < -0.39 is 69.4 Å². The number of rotatable bonds is 3. The Morgan fingerprint density at radius 2 is 1.88 bits per heavy atom. The second-order valence-electron chi connectivity index (χ2n) is 10.00. The van der Waals surface area contributed by atoms with Crippen LogP contribution in [0, 0.1) is 17.8 Å². The van der Waals surface area contributed by atoms with Crippen LogP contribution < -0.4 is 0 Å². The average molecular weight is 496 g/mol. The molecule has 1 spiro atoms. The number of halogens is 2. The zero-order valence-electron chi connectivity index (χ0n) is 17.1. The lowest BCUT2D eigenvalue weighted by atomic mass is 9.54. The fourth-order valence-electron chi connectivity index (χ4n) is 6.76. The lowest BCUT2D eigenvalue weighted by molar-refractivity contribution is -0.308. The third kappa shape index (κ3) is 2.97. The summed E-state index contributed by atoms with van der Waals surface area (Å²) in [5, 5.41) is 4.84. The minimum Gasteiger partial charge on any atom is -0.454 e. The number of carbonyl (C=O) groups excluding carboxylic acids is 2. The standard InChI is InChI=1S/C19H22F2O11S/c20-19(21,33(25,26)27)16(24)32-17-2-1-7-5-18(9(6-17)3-8(7)4-17)30-13-12-11(29-15(13)31-18)10(22)14(23)28-12/h7-13,15,22H,1-6H2,(H,25,26,27). The van der Waals surface area contributed by atoms with E-state index in [2.05, 4.69) is 0 Å². The van der Waals surface area contributed by atoms with Gasteiger partial charge >= 0.3 is 27.3 Å². The average Bonchev–Trinajstić information content (AvgIpc) is 3.32. The summed E-state index contributed by atoms with van der Waals surface area (Å²) in [4.78, 5) is 23.8. The van der Waals surface area contributed by atoms with E-state index in [1.165, 1.54) is 0 Å². The maximum atomic E-state index is 13.9. The van der Waals surface area contributed by atoms with E-state index in [4.69, 9.17) is 28.2 Å². The van der Waals surface area contributed by atoms with E-state index in [1.807, 2.05) is 0 Å². The minimum absolute atomic E-state index is 0.0303. The summed E-state index contributed by atoms with van der Waals surface area (Å²) in [6.45, 7) is 0. The van der Waals surface area contributed by atoms with Crippen LogP contribution in [0.3, 0.4) is 0 Å². The van der Waals surface area contributed by atoms with Gasteiger partial charge in [-0.15, -0.1) is 0 Å². The number of carbonyl (C=O) groups is 2. The fraction of sp³-hybridized carbons (Fsp3) is 0.895. The molecule has 0 radical (unpaired) electrons. The Morgan fingerprint density at radius 3 is 2.61 bits per heavy atom. The molecule has 6 aliphatic rings. The fourth-order valence-corrected chi connectivity index (χ4v) is 7.01. The summed E-state index contributed by atoms with van der Waals surface area (Å²) >= 11 is 0. The molecule has 0 amide bonds. The molecule has 3 saturated carbocycles. The quantitative estimate of drug-likeness (QED) is 0.404. The zero-order chi connectivity index (χ0) is 23.6. The smallest absolute Gasteiger partial charge is 0.454 e. The number of aliphatic hydroxyl groups excluding tert-OH is 1. The maximum Gasteiger partial charge on any atom is 0.465 e. The van der Waals surface area contributed by atoms with E-state index >= 15 is 0 Å². The molecule has 0 aromatic carbocycles. The molecule has 0 aromatic heterocycles. The van der Waals surface area contributed by atoms with Crippen molar-refractivity contribution in [3.05, 3.63) is 0 Å². The lowest BCUT2D eigenvalue weighted by Gasteiger charge is -2.58. The Balaban J connectivity index is 1.25. The normalized spacial score (nSPS) is 50.2. The van der Waals surface area contributed by atoms with Crippen LogP contribution in [-0.4, -0.2) is 77.4 Å². The SMILES string of the molecule is O=C1OC2C3OC4(CC5CCC6(OC(=O)C(F)(F)S(=O)(=O)O)CC5CC4C6)OC3OC2C1O. The molecule has 184 valence electrons. The van der Waals surface area contributed by atoms with E-state index in [0.717, 1.165) is 0 Å². The first-order chi connectivity index (χ1) is 15.3. The lowest BCUT2D eigenvalue weighted by Crippen LogP contribution is -2.61. The molecule has 33 heavy (non-hydrogen) atoms. The van der Waals surface area contributed by atoms with Crippen molar-refractivity contribution < 1.29 is 60.1 Å². The Hall–Kier alpha value is -1.45. The number of aliphatic hydroxyl groups is 1. The van der Waals surface area contributed by atoms with Crippen LogP contribution in [0.5, 0.6) is 0 Å². The Labute approximate surface area is 186 Å². The second kappa shape index (κ2) is 6.61. The van der Waals surface area contributed by atoms with Gasteiger partial charge in [0.05, 0.1) is 0 Å². The van der Waals surface area contributed by atoms with E-state index in [9.17, 15) is 31.9 Å². The molecule has 14 heteroatoms. The molecule has 3 heterocycles. The molecule has 2 N–H and O–H groups in total. The van der Waals surface area contributed by atoms with Crippen molar-refractivity contribution in [2.45, 2.75) is 85.9 Å². The molecule has 3 aliphatic carbocycles. The van der Waals surface area contributed by atoms with Crippen molar-refractivity contribution in [2.24, 2.45) is 17.8 Å². The highest BCUT2D eigenvalue weighted by Crippen LogP contribution is 2.62. The largest absolute Gasteiger partial charge is 0.465 e. The van der Waals surface area contributed by atoms with Crippen molar-refractivity contribution >= 4 is 22.1 Å². The van der Waals surface area contributed by atoms with Gasteiger partial charge in [0.1, 0.15) is 11.7 Å². The molecule has 3 saturated heterocycles. The molecule has 10 atom stereocenters. The van der Waals surface area contributed by atoms with Crippen molar-refractivity contribution in [3.63, 3.8) is 0 Å². The van der Waals surface area contributed by atoms with Crippen molar-refractivity contribution in [3.8, 4) is 0 Å². The van der Waals surface area contributed by atoms with Gasteiger partial charge in [-0.1, -0.05) is 0 Å². The molecule has 10 unspecified atom stereocenters. The van der Waals surface area contributed by atoms with Crippen LogP contribution >= 0.6 is 0 Å². The van der Waals surface area contributed by atoms with Gasteiger partial charge in [-0.05, 0) is 43.9 Å². The van der Waals surface area contributed by atoms with E-state index in [1.54, 1.807) is 0 Å². The number of hydrogen-bond acceptors (Lipinski definition) is 10. The first kappa shape index (κ1) is 22.0. The highest BCUT2D eigenvalue weighted by Gasteiger charge is 2.70. The Kier molecular flexibility index (Phi) is 4.41. The molecule has 3 aliphatic heterocycles. The molecule has 6 rings (SSSR count). The third-order valence-corrected chi connectivity index (χ3v) is 8.99. The first-order valence-corrected chi connectivity index (χ1v) is 12.3. The summed E-state index contributed by atoms with van der Waals surface area (Å²) in [7, 11) is -5.98. The van der Waals surface area contributed by atoms with E-state index in [0.29, 0.717) is 25.7 Å². The molecular weight excluding hydrogens is 474 g/mol. The van der Waals surface area contributed by atoms with Crippen LogP contribution in [0.1, 0.15) is 38.5 Å². The molecule has 11 nitrogen and oxygen atoms in total. The van der Waals surface area contributed by atoms with Crippen molar-refractivity contribution in [1.82, 2.24) is 0 Å². The molecular formula is C19H22F2O11S. The van der Waals surface area contributed by atoms with Crippen molar-refractivity contribution in [1.29, 1.82) is 0 Å². The first-order valence-electron chi connectivity index (χ1n) is 10.8. The van der Waals surface area contributed by atoms with Gasteiger partial charge in [0, 0.05) is 12.3 Å². The van der Waals surface area contributed by atoms with Gasteiger partial charge < -0.3 is 28.8 Å². The van der Waals surface area contributed by atoms with Gasteiger partial charge in [-0.25, -0.2) is 9.59 Å². The van der Waals surface area contributed by atoms with Gasteiger partial charge in [0.25, 0.3) is 0 Å². The second-order valence-corrected chi connectivity index (χ2v) is 11.5. The molecule has 3 bridgehead atoms. The summed E-state index contributed by atoms with van der Waals surface area (Å²) in [6.07, 6.45) is -2.52. The summed E-state index contributed by atoms with van der Waals surface area (Å²) < 4.78 is 87.0. The zero-order valence-corrected chi connectivity index (χ0v) is 17.9. The van der Waals surface area contributed by atoms with Crippen LogP contribution in [0.15, 0.2) is 0 Å². The number of esters is 2. The Morgan fingerprint density at radius 1 is 1.12 bits per heavy atom. The topological polar surface area (TPSA) is 155 Å². The molecule has 0 aromatic rings. The maximum absolute atomic E-state index is 13.9. The highest BCUT2D eigenvalue weighted by atomic mass is 32.2. The predicted octanol–water partition coefficient (Wildman–Crippen LogP) is 0.102. The van der Waals surface area contributed by atoms with Gasteiger partial charge in [-0.2, -0.15) is 17.2 Å². The number of ether oxygens (including phenoxy) is 5. The van der Waals surface area contributed by atoms with Crippen LogP contribution in [-0.2, 0) is 43.4 Å². The van der Waals surface area contributed by atoms with Crippen LogP contribution in [0.25, 0.3) is 0 Å². The number of hydrogen-bond donors (Lipinski definition) is 2.